The van der Waals surface area contributed by atoms with Crippen LogP contribution < -0.4 is 17.2 Å². The highest BCUT2D eigenvalue weighted by molar-refractivity contribution is 7.87. The molecule has 0 amide bonds. The van der Waals surface area contributed by atoms with Crippen molar-refractivity contribution in [2.45, 2.75) is 137 Å². The molecule has 10 fully saturated rings. The lowest BCUT2D eigenvalue weighted by atomic mass is 9.73. The molecule has 0 aromatic heterocycles. The highest BCUT2D eigenvalue weighted by Gasteiger charge is 2.67. The van der Waals surface area contributed by atoms with Crippen molar-refractivity contribution >= 4 is 69.9 Å². The maximum atomic E-state index is 13.3. The topological polar surface area (TPSA) is 443 Å². The van der Waals surface area contributed by atoms with Gasteiger partial charge in [0.1, 0.15) is 16.6 Å². The number of aliphatic carboxylic acids is 3. The van der Waals surface area contributed by atoms with Gasteiger partial charge in [-0.25, -0.2) is 0 Å². The van der Waals surface area contributed by atoms with Gasteiger partial charge in [0, 0.05) is 126 Å². The zero-order valence-electron chi connectivity index (χ0n) is 48.0. The molecule has 0 aromatic carbocycles. The van der Waals surface area contributed by atoms with E-state index in [1.165, 1.54) is 21.5 Å². The molecule has 15 N–H and O–H groups in total. The van der Waals surface area contributed by atoms with Crippen molar-refractivity contribution in [2.24, 2.45) is 45.8 Å². The van der Waals surface area contributed by atoms with Gasteiger partial charge in [0.2, 0.25) is 0 Å². The van der Waals surface area contributed by atoms with Crippen molar-refractivity contribution in [1.82, 2.24) is 40.5 Å². The second kappa shape index (κ2) is 25.0. The average Bonchev–Trinajstić information content (AvgIpc) is 1.61. The molecule has 2 spiro atoms. The monoisotopic (exact) mass is 1240 g/mol. The summed E-state index contributed by atoms with van der Waals surface area (Å²) >= 11 is 0. The standard InChI is InChI=1S/2C16H31BN4O6S.C15H27BN4O6S/c1-19-10-15(11-19)4-7-20(8-5-15)28(26,27)21-9-13(3-2-6-17(24)25)16(18,12-21)14(22)23;1-19-7-4-15(5-8-19)10-21(11-15)28(26,27)20-9-13(3-2-6-17(24)25)16(18,12-20)14(22)23;1-18-10-5-12(10)20(13-6-11(13)18)27(25,26)19-7-9(3-2-4-16(23)24)15(17,8-19)14(21)22/h2*13,24-25H,2-12,18H2,1H3,(H,22,23);9-13,23-24H,2-8,17H2,1H3,(H,21,22)/t2*13-,16-;9-,10-,11-,12+,13?,15-/m000/s1. The van der Waals surface area contributed by atoms with Gasteiger partial charge in [-0.05, 0) is 116 Å². The zero-order valence-corrected chi connectivity index (χ0v) is 50.4. The molecule has 10 atom stereocenters. The zero-order chi connectivity index (χ0) is 61.2. The number of carboxylic acid groups (broad SMARTS) is 3. The minimum atomic E-state index is -3.78. The molecule has 36 heteroatoms. The smallest absolute Gasteiger partial charge is 0.451 e. The van der Waals surface area contributed by atoms with Gasteiger partial charge in [0.25, 0.3) is 30.6 Å². The second-order valence-corrected chi connectivity index (χ2v) is 31.8. The Balaban J connectivity index is 0.000000163. The number of piperidine rings is 2. The normalized spacial score (nSPS) is 35.1. The van der Waals surface area contributed by atoms with E-state index in [0.29, 0.717) is 64.7 Å². The van der Waals surface area contributed by atoms with E-state index < -0.39 is 104 Å². The Kier molecular flexibility index (Phi) is 20.0. The Morgan fingerprint density at radius 3 is 1.11 bits per heavy atom. The number of hydrogen-bond donors (Lipinski definition) is 12. The summed E-state index contributed by atoms with van der Waals surface area (Å²) in [6, 6.07) is 0.471. The first-order valence-electron chi connectivity index (χ1n) is 29.1. The fourth-order valence-corrected chi connectivity index (χ4v) is 20.4. The summed E-state index contributed by atoms with van der Waals surface area (Å²) in [5.74, 6) is -5.39. The summed E-state index contributed by atoms with van der Waals surface area (Å²) < 4.78 is 87.1. The van der Waals surface area contributed by atoms with Crippen LogP contribution in [0, 0.1) is 28.6 Å². The molecule has 2 saturated carbocycles. The van der Waals surface area contributed by atoms with Crippen molar-refractivity contribution < 1.29 is 85.1 Å². The third-order valence-electron chi connectivity index (χ3n) is 20.1. The third kappa shape index (κ3) is 13.8. The first kappa shape index (κ1) is 66.7. The van der Waals surface area contributed by atoms with E-state index in [1.54, 1.807) is 4.31 Å². The molecule has 0 aromatic rings. The molecule has 83 heavy (non-hydrogen) atoms. The molecular formula is C47H89B3N12O18S3. The largest absolute Gasteiger partial charge is 0.480 e. The fourth-order valence-electron chi connectivity index (χ4n) is 14.6. The van der Waals surface area contributed by atoms with Crippen molar-refractivity contribution in [1.29, 1.82) is 0 Å². The number of carbonyl (C=O) groups is 3. The fraction of sp³-hybridized carbons (Fsp3) is 0.936. The number of hydrogen-bond acceptors (Lipinski definition) is 21. The molecule has 0 radical (unpaired) electrons. The van der Waals surface area contributed by atoms with Crippen LogP contribution in [-0.2, 0) is 45.0 Å². The molecule has 1 unspecified atom stereocenters. The SMILES string of the molecule is CN1CC2(CCN(S(=O)(=O)N3C[C@H](CCCB(O)O)[C@](N)(C(=O)O)C3)CC2)C1.CN1CCC2(CC1)CN(S(=O)(=O)N1C[C@H](CCCB(O)O)[C@](N)(C(=O)O)C1)C2.CN1[C@H]2CC2N(S(=O)(=O)N2C[C@H](CCCB(O)O)[C@](N)(C(=O)O)C2)[C@@H]2C[C@@H]21. The number of fused-ring (bicyclic) bond motifs is 2. The molecule has 472 valence electrons. The predicted octanol–water partition coefficient (Wildman–Crippen LogP) is -5.82. The Bertz CT molecular complexity index is 2670. The maximum absolute atomic E-state index is 13.3. The number of likely N-dealkylation sites (tertiary alicyclic amines) is 2. The van der Waals surface area contributed by atoms with E-state index in [1.807, 2.05) is 7.05 Å². The molecule has 30 nitrogen and oxygen atoms in total. The lowest BCUT2D eigenvalue weighted by Gasteiger charge is -2.53. The van der Waals surface area contributed by atoms with Gasteiger partial charge in [-0.15, -0.1) is 0 Å². The number of nitrogens with two attached hydrogens (primary N) is 3. The van der Waals surface area contributed by atoms with Gasteiger partial charge in [-0.1, -0.05) is 19.3 Å². The van der Waals surface area contributed by atoms with Gasteiger partial charge in [-0.3, -0.25) is 19.3 Å². The first-order chi connectivity index (χ1) is 38.5. The minimum Gasteiger partial charge on any atom is -0.480 e. The summed E-state index contributed by atoms with van der Waals surface area (Å²) in [7, 11) is -9.56. The van der Waals surface area contributed by atoms with Crippen LogP contribution in [0.2, 0.25) is 19.0 Å². The molecule has 8 heterocycles. The van der Waals surface area contributed by atoms with Gasteiger partial charge in [0.05, 0.1) is 0 Å². The van der Waals surface area contributed by atoms with Crippen LogP contribution >= 0.6 is 0 Å². The Morgan fingerprint density at radius 1 is 0.446 bits per heavy atom. The molecule has 10 rings (SSSR count). The number of rotatable bonds is 21. The van der Waals surface area contributed by atoms with Crippen LogP contribution in [0.1, 0.15) is 77.0 Å². The Morgan fingerprint density at radius 2 is 0.771 bits per heavy atom. The van der Waals surface area contributed by atoms with E-state index in [0.717, 1.165) is 64.7 Å². The first-order valence-corrected chi connectivity index (χ1v) is 33.3. The lowest BCUT2D eigenvalue weighted by Crippen LogP contribution is -2.64. The van der Waals surface area contributed by atoms with Gasteiger partial charge < -0.3 is 72.5 Å². The van der Waals surface area contributed by atoms with Gasteiger partial charge in [-0.2, -0.15) is 51.1 Å². The van der Waals surface area contributed by atoms with Crippen LogP contribution in [0.4, 0.5) is 0 Å². The number of piperazine rings is 1. The van der Waals surface area contributed by atoms with Crippen LogP contribution in [0.3, 0.4) is 0 Å². The molecule has 10 aliphatic rings. The molecular weight excluding hydrogens is 1150 g/mol. The summed E-state index contributed by atoms with van der Waals surface area (Å²) in [6.07, 6.45) is 7.57. The summed E-state index contributed by atoms with van der Waals surface area (Å²) in [5.41, 5.74) is 13.6. The van der Waals surface area contributed by atoms with E-state index in [9.17, 15) is 55.0 Å². The van der Waals surface area contributed by atoms with Gasteiger partial charge >= 0.3 is 39.3 Å². The van der Waals surface area contributed by atoms with Crippen LogP contribution in [0.15, 0.2) is 0 Å². The van der Waals surface area contributed by atoms with Crippen molar-refractivity contribution in [3.8, 4) is 0 Å². The maximum Gasteiger partial charge on any atom is 0.451 e. The van der Waals surface area contributed by atoms with E-state index in [4.69, 9.17) is 47.3 Å². The third-order valence-corrected chi connectivity index (χ3v) is 25.9. The number of likely N-dealkylation sites (N-methyl/N-ethyl adjacent to an activating group) is 1. The van der Waals surface area contributed by atoms with E-state index >= 15 is 0 Å². The number of nitrogens with zero attached hydrogens (tertiary/aromatic N) is 9. The predicted molar refractivity (Wildman–Crippen MR) is 304 cm³/mol. The van der Waals surface area contributed by atoms with E-state index in [2.05, 4.69) is 28.8 Å². The quantitative estimate of drug-likeness (QED) is 0.0476. The molecule has 8 aliphatic heterocycles. The average molecular weight is 1240 g/mol. The van der Waals surface area contributed by atoms with Crippen LogP contribution in [0.25, 0.3) is 0 Å². The molecule has 8 saturated heterocycles. The number of carboxylic acids is 3. The lowest BCUT2D eigenvalue weighted by molar-refractivity contribution is -0.145. The van der Waals surface area contributed by atoms with Crippen molar-refractivity contribution in [3.63, 3.8) is 0 Å². The van der Waals surface area contributed by atoms with E-state index in [-0.39, 0.29) is 93.2 Å². The highest BCUT2D eigenvalue weighted by atomic mass is 32.2. The molecule has 0 bridgehead atoms. The summed E-state index contributed by atoms with van der Waals surface area (Å²) in [6.45, 7) is 5.10. The summed E-state index contributed by atoms with van der Waals surface area (Å²) in [4.78, 5) is 42.1. The highest BCUT2D eigenvalue weighted by Crippen LogP contribution is 2.53. The minimum absolute atomic E-state index is 0.0238. The Labute approximate surface area is 488 Å². The summed E-state index contributed by atoms with van der Waals surface area (Å²) in [5, 5.41) is 82.8. The van der Waals surface area contributed by atoms with Crippen LogP contribution in [-0.4, -0.2) is 304 Å². The van der Waals surface area contributed by atoms with Crippen molar-refractivity contribution in [3.05, 3.63) is 0 Å². The van der Waals surface area contributed by atoms with Crippen LogP contribution in [0.5, 0.6) is 0 Å². The Hall–Kier alpha value is -2.27. The second-order valence-electron chi connectivity index (χ2n) is 26.1. The van der Waals surface area contributed by atoms with Crippen molar-refractivity contribution in [2.75, 3.05) is 113 Å². The van der Waals surface area contributed by atoms with Gasteiger partial charge in [0.15, 0.2) is 0 Å². The molecule has 2 aliphatic carbocycles.